The Labute approximate surface area is 123 Å². The average Bonchev–Trinajstić information content (AvgIpc) is 2.93. The Morgan fingerprint density at radius 1 is 1.50 bits per heavy atom. The van der Waals surface area contributed by atoms with Crippen LogP contribution >= 0.6 is 11.3 Å². The zero-order valence-electron chi connectivity index (χ0n) is 11.9. The molecule has 2 heterocycles. The van der Waals surface area contributed by atoms with Gasteiger partial charge < -0.3 is 10.6 Å². The third-order valence-corrected chi connectivity index (χ3v) is 4.03. The molecule has 106 valence electrons. The second-order valence-electron chi connectivity index (χ2n) is 4.61. The lowest BCUT2D eigenvalue weighted by atomic mass is 10.1. The van der Waals surface area contributed by atoms with Crippen molar-refractivity contribution in [2.75, 3.05) is 11.9 Å². The monoisotopic (exact) mass is 289 g/mol. The zero-order chi connectivity index (χ0) is 14.5. The number of hydrogen-bond acceptors (Lipinski definition) is 4. The van der Waals surface area contributed by atoms with E-state index in [9.17, 15) is 4.79 Å². The number of thiophene rings is 1. The molecule has 0 bridgehead atoms. The van der Waals surface area contributed by atoms with E-state index in [1.54, 1.807) is 17.5 Å². The van der Waals surface area contributed by atoms with Crippen LogP contribution in [0.5, 0.6) is 0 Å². The third-order valence-electron chi connectivity index (χ3n) is 2.97. The number of carbonyl (C=O) groups excluding carboxylic acids is 1. The molecule has 1 amide bonds. The number of aryl methyl sites for hydroxylation is 1. The minimum absolute atomic E-state index is 0.00159. The van der Waals surface area contributed by atoms with E-state index in [1.807, 2.05) is 44.4 Å². The minimum atomic E-state index is -0.102. The van der Waals surface area contributed by atoms with Crippen LogP contribution in [0.4, 0.5) is 5.69 Å². The van der Waals surface area contributed by atoms with Crippen molar-refractivity contribution in [2.45, 2.75) is 26.8 Å². The van der Waals surface area contributed by atoms with Gasteiger partial charge in [0, 0.05) is 23.3 Å². The van der Waals surface area contributed by atoms with E-state index >= 15 is 0 Å². The van der Waals surface area contributed by atoms with Crippen LogP contribution in [0.25, 0.3) is 0 Å². The smallest absolute Gasteiger partial charge is 0.255 e. The molecule has 2 rings (SSSR count). The molecule has 2 N–H and O–H groups in total. The molecule has 0 saturated carbocycles. The second kappa shape index (κ2) is 6.52. The van der Waals surface area contributed by atoms with Crippen LogP contribution < -0.4 is 10.6 Å². The summed E-state index contributed by atoms with van der Waals surface area (Å²) in [6, 6.07) is 5.90. The predicted molar refractivity (Wildman–Crippen MR) is 83.3 cm³/mol. The number of pyridine rings is 1. The summed E-state index contributed by atoms with van der Waals surface area (Å²) in [5.74, 6) is -0.102. The van der Waals surface area contributed by atoms with E-state index in [1.165, 1.54) is 0 Å². The van der Waals surface area contributed by atoms with E-state index in [0.717, 1.165) is 22.8 Å². The average molecular weight is 289 g/mol. The number of anilines is 1. The summed E-state index contributed by atoms with van der Waals surface area (Å²) in [6.45, 7) is 6.67. The topological polar surface area (TPSA) is 54.0 Å². The second-order valence-corrected chi connectivity index (χ2v) is 5.59. The van der Waals surface area contributed by atoms with E-state index in [0.29, 0.717) is 5.56 Å². The molecule has 0 saturated heterocycles. The molecule has 0 aliphatic heterocycles. The number of carbonyl (C=O) groups is 1. The number of aromatic nitrogens is 1. The molecule has 0 aromatic carbocycles. The summed E-state index contributed by atoms with van der Waals surface area (Å²) in [5.41, 5.74) is 2.31. The highest BCUT2D eigenvalue weighted by molar-refractivity contribution is 7.10. The predicted octanol–water partition coefficient (Wildman–Crippen LogP) is 3.37. The van der Waals surface area contributed by atoms with Crippen LogP contribution in [-0.2, 0) is 0 Å². The van der Waals surface area contributed by atoms with Gasteiger partial charge in [0.25, 0.3) is 5.91 Å². The molecule has 2 aromatic rings. The first-order chi connectivity index (χ1) is 9.61. The lowest BCUT2D eigenvalue weighted by Gasteiger charge is -2.15. The van der Waals surface area contributed by atoms with Gasteiger partial charge in [-0.1, -0.05) is 6.07 Å². The van der Waals surface area contributed by atoms with Gasteiger partial charge in [-0.2, -0.15) is 0 Å². The molecule has 1 atom stereocenters. The summed E-state index contributed by atoms with van der Waals surface area (Å²) in [7, 11) is 0. The molecular formula is C15H19N3OS. The lowest BCUT2D eigenvalue weighted by molar-refractivity contribution is 0.0941. The van der Waals surface area contributed by atoms with Gasteiger partial charge in [0.15, 0.2) is 0 Å². The first kappa shape index (κ1) is 14.5. The summed E-state index contributed by atoms with van der Waals surface area (Å²) in [4.78, 5) is 17.7. The van der Waals surface area contributed by atoms with Gasteiger partial charge in [0.2, 0.25) is 0 Å². The van der Waals surface area contributed by atoms with Crippen LogP contribution in [0, 0.1) is 6.92 Å². The Balaban J connectivity index is 2.16. The van der Waals surface area contributed by atoms with Gasteiger partial charge in [-0.15, -0.1) is 11.3 Å². The molecule has 0 spiro atoms. The maximum atomic E-state index is 12.4. The molecule has 0 aliphatic carbocycles. The molecule has 0 aliphatic rings. The Hall–Kier alpha value is -1.88. The third kappa shape index (κ3) is 3.36. The molecule has 4 nitrogen and oxygen atoms in total. The summed E-state index contributed by atoms with van der Waals surface area (Å²) in [6.07, 6.45) is 1.63. The van der Waals surface area contributed by atoms with Gasteiger partial charge in [-0.05, 0) is 38.3 Å². The molecule has 0 fully saturated rings. The van der Waals surface area contributed by atoms with Crippen LogP contribution in [0.3, 0.4) is 0 Å². The fourth-order valence-corrected chi connectivity index (χ4v) is 2.70. The quantitative estimate of drug-likeness (QED) is 0.887. The summed E-state index contributed by atoms with van der Waals surface area (Å²) >= 11 is 1.64. The number of nitrogens with one attached hydrogen (secondary N) is 2. The first-order valence-electron chi connectivity index (χ1n) is 6.66. The maximum absolute atomic E-state index is 12.4. The van der Waals surface area contributed by atoms with E-state index in [2.05, 4.69) is 15.6 Å². The maximum Gasteiger partial charge on any atom is 0.255 e. The number of nitrogens with zero attached hydrogens (tertiary/aromatic N) is 1. The SMILES string of the molecule is CCNc1cc(C)ncc1C(=O)NC(C)c1cccs1. The first-order valence-corrected chi connectivity index (χ1v) is 7.54. The van der Waals surface area contributed by atoms with Crippen molar-refractivity contribution in [1.29, 1.82) is 0 Å². The lowest BCUT2D eigenvalue weighted by Crippen LogP contribution is -2.27. The van der Waals surface area contributed by atoms with Crippen LogP contribution in [0.2, 0.25) is 0 Å². The van der Waals surface area contributed by atoms with Gasteiger partial charge in [-0.25, -0.2) is 0 Å². The number of hydrogen-bond donors (Lipinski definition) is 2. The van der Waals surface area contributed by atoms with Crippen molar-refractivity contribution in [3.63, 3.8) is 0 Å². The Morgan fingerprint density at radius 3 is 2.95 bits per heavy atom. The highest BCUT2D eigenvalue weighted by Gasteiger charge is 2.15. The molecular weight excluding hydrogens is 270 g/mol. The van der Waals surface area contributed by atoms with E-state index in [-0.39, 0.29) is 11.9 Å². The normalized spacial score (nSPS) is 11.9. The van der Waals surface area contributed by atoms with Crippen molar-refractivity contribution < 1.29 is 4.79 Å². The molecule has 20 heavy (non-hydrogen) atoms. The number of amides is 1. The zero-order valence-corrected chi connectivity index (χ0v) is 12.8. The van der Waals surface area contributed by atoms with Gasteiger partial charge in [0.05, 0.1) is 17.3 Å². The fourth-order valence-electron chi connectivity index (χ4n) is 1.96. The van der Waals surface area contributed by atoms with Gasteiger partial charge >= 0.3 is 0 Å². The standard InChI is InChI=1S/C15H19N3OS/c1-4-16-13-8-10(2)17-9-12(13)15(19)18-11(3)14-6-5-7-20-14/h5-9,11H,4H2,1-3H3,(H,16,17)(H,18,19). The molecule has 1 unspecified atom stereocenters. The van der Waals surface area contributed by atoms with Crippen LogP contribution in [0.1, 0.15) is 40.8 Å². The number of rotatable bonds is 5. The minimum Gasteiger partial charge on any atom is -0.385 e. The molecule has 5 heteroatoms. The largest absolute Gasteiger partial charge is 0.385 e. The Kier molecular flexibility index (Phi) is 4.74. The summed E-state index contributed by atoms with van der Waals surface area (Å²) in [5, 5.41) is 8.23. The van der Waals surface area contributed by atoms with Crippen molar-refractivity contribution >= 4 is 22.9 Å². The Morgan fingerprint density at radius 2 is 2.30 bits per heavy atom. The van der Waals surface area contributed by atoms with Gasteiger partial charge in [0.1, 0.15) is 0 Å². The van der Waals surface area contributed by atoms with Crippen molar-refractivity contribution in [3.05, 3.63) is 45.9 Å². The van der Waals surface area contributed by atoms with E-state index in [4.69, 9.17) is 0 Å². The molecule has 0 radical (unpaired) electrons. The van der Waals surface area contributed by atoms with E-state index < -0.39 is 0 Å². The fraction of sp³-hybridized carbons (Fsp3) is 0.333. The highest BCUT2D eigenvalue weighted by Crippen LogP contribution is 2.20. The summed E-state index contributed by atoms with van der Waals surface area (Å²) < 4.78 is 0. The van der Waals surface area contributed by atoms with Crippen LogP contribution in [0.15, 0.2) is 29.8 Å². The van der Waals surface area contributed by atoms with Crippen molar-refractivity contribution in [2.24, 2.45) is 0 Å². The van der Waals surface area contributed by atoms with Crippen molar-refractivity contribution in [3.8, 4) is 0 Å². The highest BCUT2D eigenvalue weighted by atomic mass is 32.1. The van der Waals surface area contributed by atoms with Gasteiger partial charge in [-0.3, -0.25) is 9.78 Å². The van der Waals surface area contributed by atoms with Crippen LogP contribution in [-0.4, -0.2) is 17.4 Å². The molecule has 2 aromatic heterocycles. The Bertz CT molecular complexity index is 581. The van der Waals surface area contributed by atoms with Crippen molar-refractivity contribution in [1.82, 2.24) is 10.3 Å².